The molecule has 0 aromatic heterocycles. The lowest BCUT2D eigenvalue weighted by atomic mass is 10.0. The molecule has 0 bridgehead atoms. The van der Waals surface area contributed by atoms with E-state index in [1.165, 1.54) is 0 Å². The highest BCUT2D eigenvalue weighted by atomic mass is 16.5. The number of fused-ring (bicyclic) bond motifs is 1. The molecule has 2 atom stereocenters. The highest BCUT2D eigenvalue weighted by molar-refractivity contribution is 5.86. The molecular formula is C19H23NO4. The Balaban J connectivity index is 2.11. The molecule has 2 aromatic rings. The summed E-state index contributed by atoms with van der Waals surface area (Å²) in [7, 11) is 0. The number of carbonyl (C=O) groups is 2. The Bertz CT molecular complexity index is 708. The minimum absolute atomic E-state index is 0.229. The first-order valence-corrected chi connectivity index (χ1v) is 8.13. The smallest absolute Gasteiger partial charge is 0.324 e. The van der Waals surface area contributed by atoms with Crippen molar-refractivity contribution in [3.05, 3.63) is 48.0 Å². The molecule has 2 aromatic carbocycles. The van der Waals surface area contributed by atoms with Crippen molar-refractivity contribution in [3.63, 3.8) is 0 Å². The molecule has 0 aliphatic carbocycles. The first kappa shape index (κ1) is 17.9. The number of rotatable bonds is 8. The maximum Gasteiger partial charge on any atom is 0.324 e. The molecule has 0 aliphatic heterocycles. The maximum atomic E-state index is 12.2. The lowest BCUT2D eigenvalue weighted by molar-refractivity contribution is -0.154. The van der Waals surface area contributed by atoms with E-state index in [0.717, 1.165) is 16.3 Å². The van der Waals surface area contributed by atoms with E-state index in [4.69, 9.17) is 9.84 Å². The standard InChI is InChI=1S/C19H23NO4/c1-3-13(2)24-19(23)17(11-18(21)22)20-12-15-9-6-8-14-7-4-5-10-16(14)15/h4-10,13,17,20H,3,11-12H2,1-2H3,(H,21,22)/t13?,17-/m0/s1. The van der Waals surface area contributed by atoms with E-state index in [1.54, 1.807) is 6.92 Å². The normalized spacial score (nSPS) is 13.4. The molecule has 128 valence electrons. The molecule has 0 saturated heterocycles. The molecule has 0 amide bonds. The average Bonchev–Trinajstić information content (AvgIpc) is 2.58. The number of benzene rings is 2. The number of esters is 1. The second kappa shape index (κ2) is 8.45. The van der Waals surface area contributed by atoms with Gasteiger partial charge in [0.1, 0.15) is 6.04 Å². The third-order valence-corrected chi connectivity index (χ3v) is 3.97. The van der Waals surface area contributed by atoms with Crippen LogP contribution in [0.2, 0.25) is 0 Å². The van der Waals surface area contributed by atoms with Crippen molar-refractivity contribution in [1.29, 1.82) is 0 Å². The Morgan fingerprint density at radius 2 is 1.88 bits per heavy atom. The van der Waals surface area contributed by atoms with Gasteiger partial charge in [-0.15, -0.1) is 0 Å². The summed E-state index contributed by atoms with van der Waals surface area (Å²) in [6, 6.07) is 13.0. The Hall–Kier alpha value is -2.40. The van der Waals surface area contributed by atoms with Gasteiger partial charge < -0.3 is 9.84 Å². The molecule has 2 N–H and O–H groups in total. The minimum Gasteiger partial charge on any atom is -0.481 e. The quantitative estimate of drug-likeness (QED) is 0.728. The Kier molecular flexibility index (Phi) is 6.32. The number of carboxylic acid groups (broad SMARTS) is 1. The Morgan fingerprint density at radius 3 is 2.58 bits per heavy atom. The predicted octanol–water partition coefficient (Wildman–Crippen LogP) is 3.11. The zero-order valence-electron chi connectivity index (χ0n) is 14.0. The number of aliphatic carboxylic acids is 1. The third kappa shape index (κ3) is 4.80. The van der Waals surface area contributed by atoms with Crippen molar-refractivity contribution in [2.45, 2.75) is 45.4 Å². The van der Waals surface area contributed by atoms with E-state index in [0.29, 0.717) is 13.0 Å². The number of hydrogen-bond donors (Lipinski definition) is 2. The third-order valence-electron chi connectivity index (χ3n) is 3.97. The SMILES string of the molecule is CCC(C)OC(=O)[C@H](CC(=O)O)NCc1cccc2ccccc12. The van der Waals surface area contributed by atoms with E-state index in [1.807, 2.05) is 49.4 Å². The van der Waals surface area contributed by atoms with E-state index < -0.39 is 18.0 Å². The molecule has 2 rings (SSSR count). The van der Waals surface area contributed by atoms with Crippen molar-refractivity contribution in [2.24, 2.45) is 0 Å². The van der Waals surface area contributed by atoms with Crippen LogP contribution >= 0.6 is 0 Å². The molecule has 0 saturated carbocycles. The van der Waals surface area contributed by atoms with Gasteiger partial charge in [0.25, 0.3) is 0 Å². The number of nitrogens with one attached hydrogen (secondary N) is 1. The largest absolute Gasteiger partial charge is 0.481 e. The number of hydrogen-bond acceptors (Lipinski definition) is 4. The maximum absolute atomic E-state index is 12.2. The van der Waals surface area contributed by atoms with Crippen molar-refractivity contribution in [3.8, 4) is 0 Å². The van der Waals surface area contributed by atoms with Crippen LogP contribution in [-0.4, -0.2) is 29.2 Å². The molecular weight excluding hydrogens is 306 g/mol. The van der Waals surface area contributed by atoms with E-state index >= 15 is 0 Å². The van der Waals surface area contributed by atoms with Crippen molar-refractivity contribution in [2.75, 3.05) is 0 Å². The number of carboxylic acids is 1. The summed E-state index contributed by atoms with van der Waals surface area (Å²) >= 11 is 0. The van der Waals surface area contributed by atoms with E-state index in [9.17, 15) is 9.59 Å². The van der Waals surface area contributed by atoms with Gasteiger partial charge >= 0.3 is 11.9 Å². The fourth-order valence-corrected chi connectivity index (χ4v) is 2.46. The summed E-state index contributed by atoms with van der Waals surface area (Å²) < 4.78 is 5.27. The summed E-state index contributed by atoms with van der Waals surface area (Å²) in [4.78, 5) is 23.2. The first-order chi connectivity index (χ1) is 11.5. The van der Waals surface area contributed by atoms with Gasteiger partial charge in [-0.25, -0.2) is 0 Å². The van der Waals surface area contributed by atoms with Crippen LogP contribution in [0.5, 0.6) is 0 Å². The second-order valence-electron chi connectivity index (χ2n) is 5.83. The predicted molar refractivity (Wildman–Crippen MR) is 92.7 cm³/mol. The van der Waals surface area contributed by atoms with Crippen LogP contribution < -0.4 is 5.32 Å². The van der Waals surface area contributed by atoms with Crippen LogP contribution in [-0.2, 0) is 20.9 Å². The summed E-state index contributed by atoms with van der Waals surface area (Å²) in [5.41, 5.74) is 1.01. The highest BCUT2D eigenvalue weighted by Gasteiger charge is 2.24. The van der Waals surface area contributed by atoms with Crippen molar-refractivity contribution < 1.29 is 19.4 Å². The van der Waals surface area contributed by atoms with Gasteiger partial charge in [0, 0.05) is 6.54 Å². The molecule has 24 heavy (non-hydrogen) atoms. The molecule has 5 heteroatoms. The number of ether oxygens (including phenoxy) is 1. The molecule has 5 nitrogen and oxygen atoms in total. The fourth-order valence-electron chi connectivity index (χ4n) is 2.46. The van der Waals surface area contributed by atoms with Gasteiger partial charge in [-0.05, 0) is 29.7 Å². The minimum atomic E-state index is -1.04. The Labute approximate surface area is 141 Å². The zero-order chi connectivity index (χ0) is 17.5. The topological polar surface area (TPSA) is 75.6 Å². The fraction of sp³-hybridized carbons (Fsp3) is 0.368. The molecule has 0 spiro atoms. The van der Waals surface area contributed by atoms with Gasteiger partial charge in [0.2, 0.25) is 0 Å². The van der Waals surface area contributed by atoms with Gasteiger partial charge in [-0.3, -0.25) is 14.9 Å². The van der Waals surface area contributed by atoms with Crippen molar-refractivity contribution >= 4 is 22.7 Å². The van der Waals surface area contributed by atoms with Crippen LogP contribution in [0.15, 0.2) is 42.5 Å². The number of carbonyl (C=O) groups excluding carboxylic acids is 1. The van der Waals surface area contributed by atoms with Gasteiger partial charge in [-0.1, -0.05) is 49.4 Å². The van der Waals surface area contributed by atoms with Gasteiger partial charge in [0.15, 0.2) is 0 Å². The second-order valence-corrected chi connectivity index (χ2v) is 5.83. The van der Waals surface area contributed by atoms with Crippen LogP contribution in [0.4, 0.5) is 0 Å². The van der Waals surface area contributed by atoms with Gasteiger partial charge in [-0.2, -0.15) is 0 Å². The van der Waals surface area contributed by atoms with Crippen molar-refractivity contribution in [1.82, 2.24) is 5.32 Å². The van der Waals surface area contributed by atoms with Gasteiger partial charge in [0.05, 0.1) is 12.5 Å². The molecule has 1 unspecified atom stereocenters. The van der Waals surface area contributed by atoms with Crippen LogP contribution in [0.25, 0.3) is 10.8 Å². The lowest BCUT2D eigenvalue weighted by Crippen LogP contribution is -2.40. The monoisotopic (exact) mass is 329 g/mol. The lowest BCUT2D eigenvalue weighted by Gasteiger charge is -2.19. The average molecular weight is 329 g/mol. The Morgan fingerprint density at radius 1 is 1.17 bits per heavy atom. The molecule has 0 fully saturated rings. The van der Waals surface area contributed by atoms with Crippen LogP contribution in [0.1, 0.15) is 32.3 Å². The van der Waals surface area contributed by atoms with Crippen LogP contribution in [0, 0.1) is 0 Å². The molecule has 0 aliphatic rings. The molecule has 0 heterocycles. The van der Waals surface area contributed by atoms with Crippen LogP contribution in [0.3, 0.4) is 0 Å². The summed E-state index contributed by atoms with van der Waals surface area (Å²) in [6.07, 6.45) is 0.155. The van der Waals surface area contributed by atoms with E-state index in [-0.39, 0.29) is 12.5 Å². The molecule has 0 radical (unpaired) electrons. The summed E-state index contributed by atoms with van der Waals surface area (Å²) in [5, 5.41) is 14.3. The zero-order valence-corrected chi connectivity index (χ0v) is 14.0. The van der Waals surface area contributed by atoms with E-state index in [2.05, 4.69) is 5.32 Å². The highest BCUT2D eigenvalue weighted by Crippen LogP contribution is 2.18. The first-order valence-electron chi connectivity index (χ1n) is 8.13. The summed E-state index contributed by atoms with van der Waals surface area (Å²) in [5.74, 6) is -1.56. The summed E-state index contributed by atoms with van der Waals surface area (Å²) in [6.45, 7) is 4.10.